The van der Waals surface area contributed by atoms with Gasteiger partial charge in [-0.3, -0.25) is 29.8 Å². The molecule has 252 valence electrons. The van der Waals surface area contributed by atoms with Crippen LogP contribution in [-0.4, -0.2) is 81.3 Å². The van der Waals surface area contributed by atoms with E-state index < -0.39 is 11.9 Å². The molecule has 0 aliphatic carbocycles. The number of benzene rings is 1. The second kappa shape index (κ2) is 28.7. The summed E-state index contributed by atoms with van der Waals surface area (Å²) in [4.78, 5) is 49.0. The number of carbonyl (C=O) groups excluding carboxylic acids is 4. The predicted octanol–water partition coefficient (Wildman–Crippen LogP) is 3.13. The van der Waals surface area contributed by atoms with Crippen molar-refractivity contribution in [1.82, 2.24) is 25.8 Å². The van der Waals surface area contributed by atoms with Crippen LogP contribution in [0.25, 0.3) is 0 Å². The largest absolute Gasteiger partial charge is 0.383 e. The molecule has 0 saturated carbocycles. The standard InChI is InChI=1S/C30H46N6O3.C3H8.CH3NO/c1-6-19-36(21-18-33-30(31)32-3)27(17-20-35(4)5)16-12-8-11-15-26(23-37)29(39)34-28(22-24(2)38)25-13-9-7-10-14-25;1-3-2;2-1-3/h7-11,13-17,20,23,28,30,32-33H,6,12,18-19,21-22,31H2,1-5H3,(H,34,39);3H2,1-2H3;1H,(H2,2,3)/b11-8+,20-17-,26-15+,27-16+;;. The Balaban J connectivity index is 0. The first-order chi connectivity index (χ1) is 21.5. The zero-order valence-corrected chi connectivity index (χ0v) is 28.3. The molecule has 0 spiro atoms. The fourth-order valence-corrected chi connectivity index (χ4v) is 3.70. The lowest BCUT2D eigenvalue weighted by molar-refractivity contribution is -0.120. The van der Waals surface area contributed by atoms with Crippen LogP contribution >= 0.6 is 0 Å². The first kappa shape index (κ1) is 43.1. The van der Waals surface area contributed by atoms with E-state index in [-0.39, 0.29) is 30.5 Å². The molecule has 0 bridgehead atoms. The second-order valence-electron chi connectivity index (χ2n) is 10.2. The average molecular weight is 628 g/mol. The summed E-state index contributed by atoms with van der Waals surface area (Å²) in [6.45, 7) is 10.3. The van der Waals surface area contributed by atoms with Crippen molar-refractivity contribution in [2.24, 2.45) is 11.5 Å². The maximum atomic E-state index is 12.8. The fourth-order valence-electron chi connectivity index (χ4n) is 3.70. The number of nitrogens with zero attached hydrogens (tertiary/aromatic N) is 2. The predicted molar refractivity (Wildman–Crippen MR) is 185 cm³/mol. The summed E-state index contributed by atoms with van der Waals surface area (Å²) in [6.07, 6.45) is 14.8. The number of primary amides is 1. The minimum absolute atomic E-state index is 0.00741. The van der Waals surface area contributed by atoms with Gasteiger partial charge in [0, 0.05) is 52.0 Å². The van der Waals surface area contributed by atoms with E-state index in [0.717, 1.165) is 37.3 Å². The molecule has 2 atom stereocenters. The van der Waals surface area contributed by atoms with E-state index in [1.165, 1.54) is 19.4 Å². The van der Waals surface area contributed by atoms with Crippen LogP contribution in [0.3, 0.4) is 0 Å². The van der Waals surface area contributed by atoms with E-state index in [2.05, 4.69) is 59.5 Å². The van der Waals surface area contributed by atoms with E-state index in [1.54, 1.807) is 13.1 Å². The monoisotopic (exact) mass is 627 g/mol. The number of carbonyl (C=O) groups is 4. The number of hydrogen-bond donors (Lipinski definition) is 5. The van der Waals surface area contributed by atoms with E-state index in [1.807, 2.05) is 61.6 Å². The Bertz CT molecular complexity index is 1070. The van der Waals surface area contributed by atoms with Crippen molar-refractivity contribution in [2.75, 3.05) is 40.8 Å². The van der Waals surface area contributed by atoms with Gasteiger partial charge < -0.3 is 26.6 Å². The highest BCUT2D eigenvalue weighted by atomic mass is 16.2. The molecule has 1 aromatic carbocycles. The summed E-state index contributed by atoms with van der Waals surface area (Å²) < 4.78 is 0. The molecule has 11 nitrogen and oxygen atoms in total. The average Bonchev–Trinajstić information content (AvgIpc) is 3.00. The lowest BCUT2D eigenvalue weighted by Gasteiger charge is -2.27. The van der Waals surface area contributed by atoms with E-state index >= 15 is 0 Å². The molecule has 0 saturated heterocycles. The van der Waals surface area contributed by atoms with Crippen LogP contribution in [0.5, 0.6) is 0 Å². The highest BCUT2D eigenvalue weighted by Crippen LogP contribution is 2.17. The zero-order valence-electron chi connectivity index (χ0n) is 28.3. The molecule has 0 radical (unpaired) electrons. The van der Waals surface area contributed by atoms with Crippen LogP contribution in [0, 0.1) is 0 Å². The molecule has 0 fully saturated rings. The molecular weight excluding hydrogens is 570 g/mol. The molecule has 0 heterocycles. The van der Waals surface area contributed by atoms with Gasteiger partial charge in [-0.05, 0) is 44.5 Å². The molecule has 2 unspecified atom stereocenters. The molecule has 11 heteroatoms. The summed E-state index contributed by atoms with van der Waals surface area (Å²) in [5, 5.41) is 9.02. The van der Waals surface area contributed by atoms with Gasteiger partial charge in [-0.25, -0.2) is 0 Å². The number of aldehydes is 1. The third kappa shape index (κ3) is 23.1. The Morgan fingerprint density at radius 1 is 1.04 bits per heavy atom. The number of amides is 2. The Morgan fingerprint density at radius 2 is 1.67 bits per heavy atom. The highest BCUT2D eigenvalue weighted by molar-refractivity contribution is 6.10. The SMILES string of the molecule is CCC.CCCN(CCNC(N)NC)C(/C=C\N(C)C)=C/C/C=C/C=C(\C=O)C(=O)NC(CC(C)=O)c1ccccc1.NC=O. The van der Waals surface area contributed by atoms with Crippen molar-refractivity contribution in [2.45, 2.75) is 65.7 Å². The lowest BCUT2D eigenvalue weighted by atomic mass is 10.0. The Hall–Kier alpha value is -4.06. The number of nitrogens with two attached hydrogens (primary N) is 2. The van der Waals surface area contributed by atoms with Crippen molar-refractivity contribution in [3.63, 3.8) is 0 Å². The third-order valence-electron chi connectivity index (χ3n) is 5.72. The van der Waals surface area contributed by atoms with Crippen molar-refractivity contribution in [3.8, 4) is 0 Å². The zero-order chi connectivity index (χ0) is 34.5. The maximum Gasteiger partial charge on any atom is 0.255 e. The van der Waals surface area contributed by atoms with Gasteiger partial charge in [0.05, 0.1) is 11.6 Å². The molecule has 7 N–H and O–H groups in total. The summed E-state index contributed by atoms with van der Waals surface area (Å²) in [5.41, 5.74) is 11.9. The second-order valence-corrected chi connectivity index (χ2v) is 10.2. The summed E-state index contributed by atoms with van der Waals surface area (Å²) >= 11 is 0. The first-order valence-corrected chi connectivity index (χ1v) is 15.3. The van der Waals surface area contributed by atoms with Crippen LogP contribution in [0.4, 0.5) is 0 Å². The number of hydrogen-bond acceptors (Lipinski definition) is 9. The lowest BCUT2D eigenvalue weighted by Crippen LogP contribution is -2.49. The van der Waals surface area contributed by atoms with Crippen molar-refractivity contribution >= 4 is 24.4 Å². The van der Waals surface area contributed by atoms with Crippen LogP contribution in [0.15, 0.2) is 78.2 Å². The van der Waals surface area contributed by atoms with Crippen LogP contribution < -0.4 is 27.4 Å². The third-order valence-corrected chi connectivity index (χ3v) is 5.72. The number of nitrogens with one attached hydrogen (secondary N) is 3. The number of allylic oxidation sites excluding steroid dienone is 5. The molecule has 2 amide bonds. The number of ketones is 1. The van der Waals surface area contributed by atoms with Gasteiger partial charge in [0.1, 0.15) is 12.1 Å². The minimum Gasteiger partial charge on any atom is -0.383 e. The molecule has 0 aliphatic heterocycles. The minimum atomic E-state index is -0.517. The fraction of sp³-hybridized carbons (Fsp3) is 0.471. The molecule has 45 heavy (non-hydrogen) atoms. The quantitative estimate of drug-likeness (QED) is 0.0387. The maximum absolute atomic E-state index is 12.8. The van der Waals surface area contributed by atoms with Crippen molar-refractivity contribution in [1.29, 1.82) is 0 Å². The first-order valence-electron chi connectivity index (χ1n) is 15.3. The molecule has 0 aliphatic rings. The van der Waals surface area contributed by atoms with Crippen LogP contribution in [0.1, 0.15) is 65.0 Å². The van der Waals surface area contributed by atoms with Gasteiger partial charge in [0.2, 0.25) is 6.41 Å². The van der Waals surface area contributed by atoms with Gasteiger partial charge >= 0.3 is 0 Å². The van der Waals surface area contributed by atoms with Crippen molar-refractivity contribution in [3.05, 3.63) is 83.7 Å². The van der Waals surface area contributed by atoms with Crippen LogP contribution in [0.2, 0.25) is 0 Å². The Morgan fingerprint density at radius 3 is 2.18 bits per heavy atom. The van der Waals surface area contributed by atoms with E-state index in [9.17, 15) is 14.4 Å². The Labute approximate surface area is 270 Å². The van der Waals surface area contributed by atoms with E-state index in [0.29, 0.717) is 12.7 Å². The van der Waals surface area contributed by atoms with Crippen molar-refractivity contribution < 1.29 is 19.2 Å². The molecular formula is C34H57N7O4. The summed E-state index contributed by atoms with van der Waals surface area (Å²) in [7, 11) is 5.75. The smallest absolute Gasteiger partial charge is 0.255 e. The topological polar surface area (TPSA) is 163 Å². The van der Waals surface area contributed by atoms with Gasteiger partial charge in [0.15, 0.2) is 6.29 Å². The summed E-state index contributed by atoms with van der Waals surface area (Å²) in [6, 6.07) is 8.75. The Kier molecular flexibility index (Phi) is 27.5. The van der Waals surface area contributed by atoms with E-state index in [4.69, 9.17) is 10.5 Å². The van der Waals surface area contributed by atoms with Gasteiger partial charge in [0.25, 0.3) is 5.91 Å². The van der Waals surface area contributed by atoms with Gasteiger partial charge in [-0.2, -0.15) is 0 Å². The summed E-state index contributed by atoms with van der Waals surface area (Å²) in [5.74, 6) is -0.569. The number of Topliss-reactive ketones (excluding diaryl/α,β-unsaturated/α-hetero) is 1. The number of rotatable bonds is 19. The van der Waals surface area contributed by atoms with Crippen LogP contribution in [-0.2, 0) is 19.2 Å². The molecule has 0 aromatic heterocycles. The molecule has 1 rings (SSSR count). The molecule has 1 aromatic rings. The highest BCUT2D eigenvalue weighted by Gasteiger charge is 2.18. The normalized spacial score (nSPS) is 12.7. The van der Waals surface area contributed by atoms with Gasteiger partial charge in [-0.1, -0.05) is 75.8 Å². The van der Waals surface area contributed by atoms with Gasteiger partial charge in [-0.15, -0.1) is 0 Å².